The third kappa shape index (κ3) is 4.92. The van der Waals surface area contributed by atoms with Gasteiger partial charge in [0.05, 0.1) is 24.3 Å². The topological polar surface area (TPSA) is 84.9 Å². The fraction of sp³-hybridized carbons (Fsp3) is 0.192. The highest BCUT2D eigenvalue weighted by molar-refractivity contribution is 8.18. The summed E-state index contributed by atoms with van der Waals surface area (Å²) in [6.45, 7) is 2.15. The number of nitrogens with zero attached hydrogens (tertiary/aromatic N) is 1. The van der Waals surface area contributed by atoms with Crippen molar-refractivity contribution in [3.8, 4) is 11.5 Å². The van der Waals surface area contributed by atoms with Gasteiger partial charge in [0.25, 0.3) is 11.1 Å². The fourth-order valence-electron chi connectivity index (χ4n) is 3.61. The molecule has 1 fully saturated rings. The van der Waals surface area contributed by atoms with E-state index < -0.39 is 23.6 Å². The van der Waals surface area contributed by atoms with Gasteiger partial charge in [-0.2, -0.15) is 0 Å². The van der Waals surface area contributed by atoms with Crippen molar-refractivity contribution in [1.82, 2.24) is 4.90 Å². The van der Waals surface area contributed by atoms with E-state index in [0.717, 1.165) is 39.4 Å². The molecule has 0 unspecified atom stereocenters. The van der Waals surface area contributed by atoms with E-state index >= 15 is 0 Å². The highest BCUT2D eigenvalue weighted by Crippen LogP contribution is 2.37. The molecule has 1 heterocycles. The molecule has 7 nitrogen and oxygen atoms in total. The predicted octanol–water partition coefficient (Wildman–Crippen LogP) is 5.31. The molecule has 3 aromatic rings. The monoisotopic (exact) mass is 476 g/mol. The van der Waals surface area contributed by atoms with Gasteiger partial charge in [-0.15, -0.1) is 0 Å². The molecule has 0 aromatic heterocycles. The Kier molecular flexibility index (Phi) is 7.18. The van der Waals surface area contributed by atoms with Crippen LogP contribution in [0.15, 0.2) is 65.6 Å². The zero-order valence-electron chi connectivity index (χ0n) is 18.9. The van der Waals surface area contributed by atoms with Crippen LogP contribution in [-0.2, 0) is 9.59 Å². The lowest BCUT2D eigenvalue weighted by molar-refractivity contribution is -0.127. The number of thioether (sulfide) groups is 1. The van der Waals surface area contributed by atoms with Crippen molar-refractivity contribution >= 4 is 51.4 Å². The standard InChI is InChI=1S/C26H24N2O5S/c1-3-14-33-21-13-12-17-8-4-5-9-18(17)19(21)15-23-25(30)28(26(31)34-23)16-24(29)27-20-10-6-7-11-22(20)32-2/h4-13,15H,3,14,16H2,1-2H3,(H,27,29)/b23-15-. The molecule has 34 heavy (non-hydrogen) atoms. The van der Waals surface area contributed by atoms with Crippen LogP contribution < -0.4 is 14.8 Å². The largest absolute Gasteiger partial charge is 0.495 e. The lowest BCUT2D eigenvalue weighted by atomic mass is 10.0. The maximum Gasteiger partial charge on any atom is 0.294 e. The Morgan fingerprint density at radius 2 is 1.79 bits per heavy atom. The number of benzene rings is 3. The Hall–Kier alpha value is -3.78. The minimum Gasteiger partial charge on any atom is -0.495 e. The van der Waals surface area contributed by atoms with E-state index in [1.54, 1.807) is 30.3 Å². The summed E-state index contributed by atoms with van der Waals surface area (Å²) >= 11 is 0.812. The summed E-state index contributed by atoms with van der Waals surface area (Å²) in [7, 11) is 1.50. The van der Waals surface area contributed by atoms with Crippen molar-refractivity contribution in [2.24, 2.45) is 0 Å². The van der Waals surface area contributed by atoms with Gasteiger partial charge in [-0.3, -0.25) is 19.3 Å². The number of hydrogen-bond donors (Lipinski definition) is 1. The Labute approximate surface area is 201 Å². The van der Waals surface area contributed by atoms with Crippen LogP contribution in [0, 0.1) is 0 Å². The molecule has 0 spiro atoms. The van der Waals surface area contributed by atoms with E-state index in [9.17, 15) is 14.4 Å². The van der Waals surface area contributed by atoms with E-state index in [2.05, 4.69) is 5.32 Å². The van der Waals surface area contributed by atoms with Gasteiger partial charge in [-0.25, -0.2) is 0 Å². The molecule has 1 saturated heterocycles. The fourth-order valence-corrected chi connectivity index (χ4v) is 4.43. The van der Waals surface area contributed by atoms with E-state index in [1.807, 2.05) is 43.3 Å². The zero-order chi connectivity index (χ0) is 24.1. The summed E-state index contributed by atoms with van der Waals surface area (Å²) in [6.07, 6.45) is 2.51. The molecule has 0 aliphatic carbocycles. The average Bonchev–Trinajstić information content (AvgIpc) is 3.11. The average molecular weight is 477 g/mol. The van der Waals surface area contributed by atoms with Gasteiger partial charge in [0, 0.05) is 5.56 Å². The van der Waals surface area contributed by atoms with Crippen LogP contribution in [0.4, 0.5) is 10.5 Å². The van der Waals surface area contributed by atoms with E-state index in [1.165, 1.54) is 7.11 Å². The molecular formula is C26H24N2O5S. The van der Waals surface area contributed by atoms with Gasteiger partial charge in [-0.05, 0) is 53.2 Å². The minimum absolute atomic E-state index is 0.243. The van der Waals surface area contributed by atoms with Crippen LogP contribution in [0.3, 0.4) is 0 Å². The van der Waals surface area contributed by atoms with Gasteiger partial charge in [0.15, 0.2) is 0 Å². The van der Waals surface area contributed by atoms with Gasteiger partial charge >= 0.3 is 0 Å². The highest BCUT2D eigenvalue weighted by Gasteiger charge is 2.36. The minimum atomic E-state index is -0.514. The van der Waals surface area contributed by atoms with Crippen LogP contribution in [0.1, 0.15) is 18.9 Å². The number of carbonyl (C=O) groups excluding carboxylic acids is 3. The first kappa shape index (κ1) is 23.4. The van der Waals surface area contributed by atoms with Gasteiger partial charge < -0.3 is 14.8 Å². The SMILES string of the molecule is CCCOc1ccc2ccccc2c1/C=C1\SC(=O)N(CC(=O)Nc2ccccc2OC)C1=O. The number of rotatable bonds is 8. The number of para-hydroxylation sites is 2. The molecule has 0 saturated carbocycles. The third-order valence-corrected chi connectivity index (χ3v) is 6.13. The Balaban J connectivity index is 1.58. The van der Waals surface area contributed by atoms with Gasteiger partial charge in [-0.1, -0.05) is 49.4 Å². The van der Waals surface area contributed by atoms with Crippen LogP contribution in [0.25, 0.3) is 16.8 Å². The van der Waals surface area contributed by atoms with Crippen molar-refractivity contribution in [3.05, 3.63) is 71.1 Å². The van der Waals surface area contributed by atoms with Crippen LogP contribution in [-0.4, -0.2) is 42.2 Å². The van der Waals surface area contributed by atoms with Crippen LogP contribution in [0.2, 0.25) is 0 Å². The summed E-state index contributed by atoms with van der Waals surface area (Å²) in [5.41, 5.74) is 1.20. The molecule has 0 atom stereocenters. The normalized spacial score (nSPS) is 14.6. The highest BCUT2D eigenvalue weighted by atomic mass is 32.2. The second-order valence-corrected chi connectivity index (χ2v) is 8.56. The second-order valence-electron chi connectivity index (χ2n) is 7.56. The number of anilines is 1. The molecule has 1 aliphatic heterocycles. The predicted molar refractivity (Wildman–Crippen MR) is 134 cm³/mol. The summed E-state index contributed by atoms with van der Waals surface area (Å²) < 4.78 is 11.1. The number of carbonyl (C=O) groups is 3. The van der Waals surface area contributed by atoms with Gasteiger partial charge in [0.2, 0.25) is 5.91 Å². The molecule has 4 rings (SSSR count). The van der Waals surface area contributed by atoms with Crippen molar-refractivity contribution in [3.63, 3.8) is 0 Å². The molecule has 3 aromatic carbocycles. The first-order chi connectivity index (χ1) is 16.5. The smallest absolute Gasteiger partial charge is 0.294 e. The Morgan fingerprint density at radius 3 is 2.59 bits per heavy atom. The second kappa shape index (κ2) is 10.4. The number of amides is 3. The van der Waals surface area contributed by atoms with Gasteiger partial charge in [0.1, 0.15) is 18.0 Å². The molecular weight excluding hydrogens is 452 g/mol. The summed E-state index contributed by atoms with van der Waals surface area (Å²) in [5, 5.41) is 4.10. The summed E-state index contributed by atoms with van der Waals surface area (Å²) in [4.78, 5) is 39.4. The molecule has 0 radical (unpaired) electrons. The maximum atomic E-state index is 13.1. The Bertz CT molecular complexity index is 1290. The maximum absolute atomic E-state index is 13.1. The number of nitrogens with one attached hydrogen (secondary N) is 1. The number of hydrogen-bond acceptors (Lipinski definition) is 6. The number of ether oxygens (including phenoxy) is 2. The quantitative estimate of drug-likeness (QED) is 0.444. The van der Waals surface area contributed by atoms with E-state index in [-0.39, 0.29) is 4.91 Å². The molecule has 3 amide bonds. The lowest BCUT2D eigenvalue weighted by Gasteiger charge is -2.14. The molecule has 8 heteroatoms. The zero-order valence-corrected chi connectivity index (χ0v) is 19.7. The first-order valence-electron chi connectivity index (χ1n) is 10.8. The molecule has 1 aliphatic rings. The molecule has 0 bridgehead atoms. The molecule has 174 valence electrons. The molecule has 1 N–H and O–H groups in total. The summed E-state index contributed by atoms with van der Waals surface area (Å²) in [5.74, 6) is 0.117. The van der Waals surface area contributed by atoms with Crippen molar-refractivity contribution < 1.29 is 23.9 Å². The lowest BCUT2D eigenvalue weighted by Crippen LogP contribution is -2.36. The number of fused-ring (bicyclic) bond motifs is 1. The number of imide groups is 1. The van der Waals surface area contributed by atoms with Crippen molar-refractivity contribution in [2.75, 3.05) is 25.6 Å². The van der Waals surface area contributed by atoms with Crippen LogP contribution >= 0.6 is 11.8 Å². The van der Waals surface area contributed by atoms with E-state index in [4.69, 9.17) is 9.47 Å². The van der Waals surface area contributed by atoms with E-state index in [0.29, 0.717) is 23.8 Å². The van der Waals surface area contributed by atoms with Crippen molar-refractivity contribution in [2.45, 2.75) is 13.3 Å². The van der Waals surface area contributed by atoms with Crippen molar-refractivity contribution in [1.29, 1.82) is 0 Å². The third-order valence-electron chi connectivity index (χ3n) is 5.22. The summed E-state index contributed by atoms with van der Waals surface area (Å²) in [6, 6.07) is 18.5. The Morgan fingerprint density at radius 1 is 1.03 bits per heavy atom. The number of methoxy groups -OCH3 is 1. The van der Waals surface area contributed by atoms with Crippen LogP contribution in [0.5, 0.6) is 11.5 Å². The first-order valence-corrected chi connectivity index (χ1v) is 11.7.